The summed E-state index contributed by atoms with van der Waals surface area (Å²) in [6, 6.07) is 8.51. The monoisotopic (exact) mass is 545 g/mol. The van der Waals surface area contributed by atoms with Gasteiger partial charge < -0.3 is 14.8 Å². The summed E-state index contributed by atoms with van der Waals surface area (Å²) in [4.78, 5) is 12.9. The molecule has 35 heavy (non-hydrogen) atoms. The van der Waals surface area contributed by atoms with E-state index in [4.69, 9.17) is 21.1 Å². The Morgan fingerprint density at radius 3 is 2.20 bits per heavy atom. The predicted molar refractivity (Wildman–Crippen MR) is 134 cm³/mol. The molecule has 0 spiro atoms. The molecule has 1 fully saturated rings. The molecule has 2 aromatic rings. The summed E-state index contributed by atoms with van der Waals surface area (Å²) in [5.74, 6) is -0.118. The van der Waals surface area contributed by atoms with E-state index in [1.807, 2.05) is 0 Å². The van der Waals surface area contributed by atoms with Crippen molar-refractivity contribution < 1.29 is 31.1 Å². The van der Waals surface area contributed by atoms with E-state index in [1.54, 1.807) is 0 Å². The SMILES string of the molecule is COc1ccc(N(CC(=O)Nc2cc(S(=O)(=O)N3CCCCC3)ccc2OC)S(C)(=O)=O)cc1Cl. The molecule has 2 aromatic carbocycles. The quantitative estimate of drug-likeness (QED) is 0.514. The van der Waals surface area contributed by atoms with Crippen LogP contribution in [0.25, 0.3) is 0 Å². The number of halogens is 1. The van der Waals surface area contributed by atoms with Crippen molar-refractivity contribution in [1.82, 2.24) is 4.31 Å². The Morgan fingerprint density at radius 1 is 1.00 bits per heavy atom. The van der Waals surface area contributed by atoms with Gasteiger partial charge in [0.15, 0.2) is 0 Å². The Labute approximate surface area is 210 Å². The van der Waals surface area contributed by atoms with Crippen LogP contribution in [0.1, 0.15) is 19.3 Å². The highest BCUT2D eigenvalue weighted by Crippen LogP contribution is 2.32. The molecule has 1 N–H and O–H groups in total. The molecular formula is C22H28ClN3O7S2. The first-order valence-electron chi connectivity index (χ1n) is 10.8. The maximum Gasteiger partial charge on any atom is 0.245 e. The lowest BCUT2D eigenvalue weighted by atomic mass is 10.2. The molecule has 1 aliphatic rings. The number of nitrogens with one attached hydrogen (secondary N) is 1. The van der Waals surface area contributed by atoms with Crippen LogP contribution in [0.3, 0.4) is 0 Å². The molecule has 1 amide bonds. The summed E-state index contributed by atoms with van der Waals surface area (Å²) in [5, 5.41) is 2.75. The zero-order valence-electron chi connectivity index (χ0n) is 19.7. The lowest BCUT2D eigenvalue weighted by Crippen LogP contribution is -2.37. The van der Waals surface area contributed by atoms with Gasteiger partial charge in [0.1, 0.15) is 18.0 Å². The maximum atomic E-state index is 13.1. The smallest absolute Gasteiger partial charge is 0.245 e. The predicted octanol–water partition coefficient (Wildman–Crippen LogP) is 2.94. The molecule has 0 aliphatic carbocycles. The summed E-state index contributed by atoms with van der Waals surface area (Å²) >= 11 is 6.13. The van der Waals surface area contributed by atoms with Crippen LogP contribution in [0.5, 0.6) is 11.5 Å². The zero-order valence-corrected chi connectivity index (χ0v) is 22.0. The van der Waals surface area contributed by atoms with Crippen molar-refractivity contribution in [3.05, 3.63) is 41.4 Å². The number of sulfonamides is 2. The maximum absolute atomic E-state index is 13.1. The molecule has 0 saturated carbocycles. The molecule has 10 nitrogen and oxygen atoms in total. The van der Waals surface area contributed by atoms with Crippen molar-refractivity contribution in [2.75, 3.05) is 49.7 Å². The average molecular weight is 546 g/mol. The standard InChI is InChI=1S/C22H28ClN3O7S2/c1-32-20-9-7-16(13-18(20)23)26(34(3,28)29)15-22(27)24-19-14-17(8-10-21(19)33-2)35(30,31)25-11-5-4-6-12-25/h7-10,13-14H,4-6,11-12,15H2,1-3H3,(H,24,27). The van der Waals surface area contributed by atoms with Gasteiger partial charge in [0.25, 0.3) is 0 Å². The van der Waals surface area contributed by atoms with E-state index < -0.39 is 32.5 Å². The summed E-state index contributed by atoms with van der Waals surface area (Å²) in [6.07, 6.45) is 3.52. The number of carbonyl (C=O) groups is 1. The number of rotatable bonds is 9. The highest BCUT2D eigenvalue weighted by molar-refractivity contribution is 7.92. The van der Waals surface area contributed by atoms with Gasteiger partial charge in [0.2, 0.25) is 26.0 Å². The lowest BCUT2D eigenvalue weighted by molar-refractivity contribution is -0.114. The number of piperidine rings is 1. The Kier molecular flexibility index (Phi) is 8.52. The third kappa shape index (κ3) is 6.37. The normalized spacial score (nSPS) is 14.9. The van der Waals surface area contributed by atoms with E-state index in [1.165, 1.54) is 54.9 Å². The molecule has 192 valence electrons. The van der Waals surface area contributed by atoms with E-state index in [0.717, 1.165) is 29.8 Å². The minimum Gasteiger partial charge on any atom is -0.495 e. The number of ether oxygens (including phenoxy) is 2. The number of anilines is 2. The van der Waals surface area contributed by atoms with Crippen molar-refractivity contribution in [2.45, 2.75) is 24.2 Å². The van der Waals surface area contributed by atoms with Gasteiger partial charge in [0.05, 0.1) is 41.8 Å². The van der Waals surface area contributed by atoms with E-state index in [-0.39, 0.29) is 27.0 Å². The second-order valence-electron chi connectivity index (χ2n) is 7.96. The van der Waals surface area contributed by atoms with Crippen LogP contribution in [-0.4, -0.2) is 67.2 Å². The molecule has 1 aliphatic heterocycles. The molecule has 3 rings (SSSR count). The second-order valence-corrected chi connectivity index (χ2v) is 12.2. The van der Waals surface area contributed by atoms with E-state index in [0.29, 0.717) is 18.8 Å². The van der Waals surface area contributed by atoms with Gasteiger partial charge >= 0.3 is 0 Å². The van der Waals surface area contributed by atoms with Crippen molar-refractivity contribution >= 4 is 48.9 Å². The molecule has 1 saturated heterocycles. The van der Waals surface area contributed by atoms with Crippen molar-refractivity contribution in [3.63, 3.8) is 0 Å². The summed E-state index contributed by atoms with van der Waals surface area (Å²) in [5.41, 5.74) is 0.277. The molecule has 0 atom stereocenters. The first kappa shape index (κ1) is 27.1. The lowest BCUT2D eigenvalue weighted by Gasteiger charge is -2.26. The fourth-order valence-corrected chi connectivity index (χ4v) is 6.37. The third-order valence-corrected chi connectivity index (χ3v) is 8.84. The van der Waals surface area contributed by atoms with Gasteiger partial charge in [-0.2, -0.15) is 4.31 Å². The number of nitrogens with zero attached hydrogens (tertiary/aromatic N) is 2. The molecule has 0 unspecified atom stereocenters. The first-order chi connectivity index (χ1) is 16.5. The minimum absolute atomic E-state index is 0.0115. The van der Waals surface area contributed by atoms with Gasteiger partial charge in [-0.1, -0.05) is 18.0 Å². The fraction of sp³-hybridized carbons (Fsp3) is 0.409. The van der Waals surface area contributed by atoms with Gasteiger partial charge in [-0.25, -0.2) is 16.8 Å². The highest BCUT2D eigenvalue weighted by atomic mass is 35.5. The summed E-state index contributed by atoms with van der Waals surface area (Å²) in [7, 11) is -4.81. The molecule has 0 bridgehead atoms. The largest absolute Gasteiger partial charge is 0.495 e. The van der Waals surface area contributed by atoms with Crippen molar-refractivity contribution in [1.29, 1.82) is 0 Å². The third-order valence-electron chi connectivity index (χ3n) is 5.51. The Morgan fingerprint density at radius 2 is 1.63 bits per heavy atom. The molecule has 0 aromatic heterocycles. The topological polar surface area (TPSA) is 122 Å². The Hall–Kier alpha value is -2.54. The van der Waals surface area contributed by atoms with Crippen LogP contribution in [0.4, 0.5) is 11.4 Å². The number of hydrogen-bond acceptors (Lipinski definition) is 7. The van der Waals surface area contributed by atoms with E-state index in [2.05, 4.69) is 5.32 Å². The van der Waals surface area contributed by atoms with Crippen molar-refractivity contribution in [3.8, 4) is 11.5 Å². The zero-order chi connectivity index (χ0) is 25.8. The number of amides is 1. The van der Waals surface area contributed by atoms with Gasteiger partial charge in [-0.15, -0.1) is 0 Å². The number of benzene rings is 2. The fourth-order valence-electron chi connectivity index (χ4n) is 3.73. The van der Waals surface area contributed by atoms with Gasteiger partial charge in [0, 0.05) is 13.1 Å². The number of methoxy groups -OCH3 is 2. The van der Waals surface area contributed by atoms with Crippen LogP contribution < -0.4 is 19.1 Å². The summed E-state index contributed by atoms with van der Waals surface area (Å²) in [6.45, 7) is 0.293. The molecule has 0 radical (unpaired) electrons. The summed E-state index contributed by atoms with van der Waals surface area (Å²) < 4.78 is 63.7. The minimum atomic E-state index is -3.86. The number of hydrogen-bond donors (Lipinski definition) is 1. The van der Waals surface area contributed by atoms with Crippen LogP contribution in [0, 0.1) is 0 Å². The average Bonchev–Trinajstić information content (AvgIpc) is 2.82. The second kappa shape index (κ2) is 11.0. The highest BCUT2D eigenvalue weighted by Gasteiger charge is 2.28. The molecule has 1 heterocycles. The van der Waals surface area contributed by atoms with Crippen molar-refractivity contribution in [2.24, 2.45) is 0 Å². The van der Waals surface area contributed by atoms with Crippen LogP contribution >= 0.6 is 11.6 Å². The van der Waals surface area contributed by atoms with Crippen LogP contribution in [-0.2, 0) is 24.8 Å². The van der Waals surface area contributed by atoms with Gasteiger partial charge in [-0.05, 0) is 49.2 Å². The van der Waals surface area contributed by atoms with Crippen LogP contribution in [0.2, 0.25) is 5.02 Å². The Balaban J connectivity index is 1.87. The van der Waals surface area contributed by atoms with E-state index in [9.17, 15) is 21.6 Å². The van der Waals surface area contributed by atoms with Gasteiger partial charge in [-0.3, -0.25) is 9.10 Å². The van der Waals surface area contributed by atoms with Crippen LogP contribution in [0.15, 0.2) is 41.3 Å². The van der Waals surface area contributed by atoms with E-state index >= 15 is 0 Å². The molecular weight excluding hydrogens is 518 g/mol. The Bertz CT molecular complexity index is 1290. The number of carbonyl (C=O) groups excluding carboxylic acids is 1. The molecule has 13 heteroatoms. The first-order valence-corrected chi connectivity index (χ1v) is 14.4.